The second kappa shape index (κ2) is 7.62. The minimum atomic E-state index is -2.89. The number of pyridine rings is 1. The molecule has 1 N–H and O–H groups in total. The Morgan fingerprint density at radius 3 is 2.91 bits per heavy atom. The SMILES string of the molecule is CC(C)COc1ncc(CN[C@@H]2CCCS(=O)(=O)C2)cc1Cl. The summed E-state index contributed by atoms with van der Waals surface area (Å²) in [6.07, 6.45) is 3.32. The van der Waals surface area contributed by atoms with Crippen LogP contribution in [0.4, 0.5) is 0 Å². The lowest BCUT2D eigenvalue weighted by Gasteiger charge is -2.23. The molecule has 0 aromatic carbocycles. The summed E-state index contributed by atoms with van der Waals surface area (Å²) in [6.45, 7) is 5.25. The molecule has 1 saturated heterocycles. The summed E-state index contributed by atoms with van der Waals surface area (Å²) in [7, 11) is -2.89. The molecule has 0 saturated carbocycles. The van der Waals surface area contributed by atoms with Gasteiger partial charge in [0.15, 0.2) is 9.84 Å². The molecule has 0 unspecified atom stereocenters. The van der Waals surface area contributed by atoms with Crippen LogP contribution in [0.2, 0.25) is 5.02 Å². The minimum Gasteiger partial charge on any atom is -0.476 e. The maximum absolute atomic E-state index is 11.6. The summed E-state index contributed by atoms with van der Waals surface area (Å²) >= 11 is 6.17. The number of halogens is 1. The van der Waals surface area contributed by atoms with E-state index in [0.29, 0.717) is 35.7 Å². The zero-order valence-corrected chi connectivity index (χ0v) is 14.6. The van der Waals surface area contributed by atoms with Crippen molar-refractivity contribution in [2.75, 3.05) is 18.1 Å². The Morgan fingerprint density at radius 1 is 1.50 bits per heavy atom. The van der Waals surface area contributed by atoms with Gasteiger partial charge in [-0.15, -0.1) is 0 Å². The smallest absolute Gasteiger partial charge is 0.232 e. The van der Waals surface area contributed by atoms with E-state index < -0.39 is 9.84 Å². The van der Waals surface area contributed by atoms with E-state index in [1.165, 1.54) is 0 Å². The fourth-order valence-corrected chi connectivity index (χ4v) is 4.27. The number of nitrogens with zero attached hydrogens (tertiary/aromatic N) is 1. The molecule has 5 nitrogen and oxygen atoms in total. The highest BCUT2D eigenvalue weighted by Crippen LogP contribution is 2.23. The lowest BCUT2D eigenvalue weighted by molar-refractivity contribution is 0.261. The van der Waals surface area contributed by atoms with Gasteiger partial charge in [-0.25, -0.2) is 13.4 Å². The number of hydrogen-bond acceptors (Lipinski definition) is 5. The van der Waals surface area contributed by atoms with Crippen molar-refractivity contribution < 1.29 is 13.2 Å². The third-order valence-electron chi connectivity index (χ3n) is 3.48. The van der Waals surface area contributed by atoms with E-state index in [4.69, 9.17) is 16.3 Å². The zero-order chi connectivity index (χ0) is 16.2. The van der Waals surface area contributed by atoms with Crippen molar-refractivity contribution in [1.82, 2.24) is 10.3 Å². The van der Waals surface area contributed by atoms with E-state index in [1.54, 1.807) is 6.20 Å². The highest BCUT2D eigenvalue weighted by molar-refractivity contribution is 7.91. The Morgan fingerprint density at radius 2 is 2.27 bits per heavy atom. The van der Waals surface area contributed by atoms with Crippen molar-refractivity contribution in [3.8, 4) is 5.88 Å². The Labute approximate surface area is 137 Å². The minimum absolute atomic E-state index is 0.00870. The van der Waals surface area contributed by atoms with Crippen LogP contribution in [0.15, 0.2) is 12.3 Å². The first-order valence-electron chi connectivity index (χ1n) is 7.57. The summed E-state index contributed by atoms with van der Waals surface area (Å²) in [4.78, 5) is 4.23. The molecule has 0 aliphatic carbocycles. The molecule has 7 heteroatoms. The van der Waals surface area contributed by atoms with E-state index in [0.717, 1.165) is 18.4 Å². The van der Waals surface area contributed by atoms with Gasteiger partial charge in [0.2, 0.25) is 5.88 Å². The quantitative estimate of drug-likeness (QED) is 0.856. The Hall–Kier alpha value is -0.850. The molecule has 1 aromatic rings. The highest BCUT2D eigenvalue weighted by atomic mass is 35.5. The van der Waals surface area contributed by atoms with Crippen LogP contribution in [0.3, 0.4) is 0 Å². The fourth-order valence-electron chi connectivity index (χ4n) is 2.36. The fraction of sp³-hybridized carbons (Fsp3) is 0.667. The van der Waals surface area contributed by atoms with Gasteiger partial charge in [0.1, 0.15) is 5.02 Å². The lowest BCUT2D eigenvalue weighted by Crippen LogP contribution is -2.39. The van der Waals surface area contributed by atoms with E-state index >= 15 is 0 Å². The van der Waals surface area contributed by atoms with Crippen molar-refractivity contribution in [3.05, 3.63) is 22.8 Å². The van der Waals surface area contributed by atoms with E-state index in [1.807, 2.05) is 6.07 Å². The highest BCUT2D eigenvalue weighted by Gasteiger charge is 2.24. The predicted molar refractivity (Wildman–Crippen MR) is 88.1 cm³/mol. The van der Waals surface area contributed by atoms with Crippen LogP contribution >= 0.6 is 11.6 Å². The summed E-state index contributed by atoms with van der Waals surface area (Å²) in [5.74, 6) is 1.37. The van der Waals surface area contributed by atoms with Crippen molar-refractivity contribution in [2.24, 2.45) is 5.92 Å². The van der Waals surface area contributed by atoms with Crippen LogP contribution in [0.5, 0.6) is 5.88 Å². The monoisotopic (exact) mass is 346 g/mol. The van der Waals surface area contributed by atoms with Gasteiger partial charge in [0.05, 0.1) is 18.1 Å². The molecular formula is C15H23ClN2O3S. The molecule has 1 fully saturated rings. The molecule has 1 aliphatic heterocycles. The molecule has 0 radical (unpaired) electrons. The number of nitrogens with one attached hydrogen (secondary N) is 1. The molecule has 1 aromatic heterocycles. The number of rotatable bonds is 6. The van der Waals surface area contributed by atoms with Gasteiger partial charge in [0.25, 0.3) is 0 Å². The lowest BCUT2D eigenvalue weighted by atomic mass is 10.1. The molecule has 2 rings (SSSR count). The maximum Gasteiger partial charge on any atom is 0.232 e. The normalized spacial score (nSPS) is 21.0. The van der Waals surface area contributed by atoms with Gasteiger partial charge in [-0.3, -0.25) is 0 Å². The molecule has 22 heavy (non-hydrogen) atoms. The van der Waals surface area contributed by atoms with Gasteiger partial charge < -0.3 is 10.1 Å². The molecule has 1 aliphatic rings. The van der Waals surface area contributed by atoms with Crippen LogP contribution in [0.1, 0.15) is 32.3 Å². The first-order chi connectivity index (χ1) is 10.4. The Balaban J connectivity index is 1.89. The molecule has 2 heterocycles. The number of aromatic nitrogens is 1. The number of ether oxygens (including phenoxy) is 1. The average Bonchev–Trinajstić information content (AvgIpc) is 2.43. The van der Waals surface area contributed by atoms with E-state index in [2.05, 4.69) is 24.1 Å². The first kappa shape index (κ1) is 17.5. The van der Waals surface area contributed by atoms with Crippen LogP contribution in [-0.4, -0.2) is 37.6 Å². The molecule has 0 spiro atoms. The first-order valence-corrected chi connectivity index (χ1v) is 9.76. The summed E-state index contributed by atoms with van der Waals surface area (Å²) in [5.41, 5.74) is 0.921. The van der Waals surface area contributed by atoms with Crippen LogP contribution in [0.25, 0.3) is 0 Å². The summed E-state index contributed by atoms with van der Waals surface area (Å²) in [6, 6.07) is 1.82. The zero-order valence-electron chi connectivity index (χ0n) is 13.0. The van der Waals surface area contributed by atoms with E-state index in [9.17, 15) is 8.42 Å². The third kappa shape index (κ3) is 5.41. The Kier molecular flexibility index (Phi) is 6.06. The number of hydrogen-bond donors (Lipinski definition) is 1. The second-order valence-corrected chi connectivity index (χ2v) is 8.81. The maximum atomic E-state index is 11.6. The van der Waals surface area contributed by atoms with Crippen molar-refractivity contribution in [3.63, 3.8) is 0 Å². The molecule has 1 atom stereocenters. The average molecular weight is 347 g/mol. The topological polar surface area (TPSA) is 68.3 Å². The second-order valence-electron chi connectivity index (χ2n) is 6.17. The molecule has 0 bridgehead atoms. The van der Waals surface area contributed by atoms with Crippen LogP contribution in [0, 0.1) is 5.92 Å². The predicted octanol–water partition coefficient (Wildman–Crippen LogP) is 2.44. The van der Waals surface area contributed by atoms with Crippen molar-refractivity contribution in [1.29, 1.82) is 0 Å². The van der Waals surface area contributed by atoms with Gasteiger partial charge in [-0.1, -0.05) is 25.4 Å². The number of sulfone groups is 1. The third-order valence-corrected chi connectivity index (χ3v) is 5.57. The van der Waals surface area contributed by atoms with Crippen LogP contribution < -0.4 is 10.1 Å². The van der Waals surface area contributed by atoms with Gasteiger partial charge in [-0.05, 0) is 30.4 Å². The molecule has 124 valence electrons. The largest absolute Gasteiger partial charge is 0.476 e. The van der Waals surface area contributed by atoms with Crippen molar-refractivity contribution >= 4 is 21.4 Å². The van der Waals surface area contributed by atoms with Crippen LogP contribution in [-0.2, 0) is 16.4 Å². The van der Waals surface area contributed by atoms with Gasteiger partial charge >= 0.3 is 0 Å². The molecular weight excluding hydrogens is 324 g/mol. The van der Waals surface area contributed by atoms with E-state index in [-0.39, 0.29) is 11.8 Å². The van der Waals surface area contributed by atoms with Crippen molar-refractivity contribution in [2.45, 2.75) is 39.3 Å². The Bertz CT molecular complexity index is 605. The summed E-state index contributed by atoms with van der Waals surface area (Å²) < 4.78 is 28.7. The van der Waals surface area contributed by atoms with Gasteiger partial charge in [-0.2, -0.15) is 0 Å². The standard InChI is InChI=1S/C15H23ClN2O3S/c1-11(2)9-21-15-14(16)6-12(8-18-15)7-17-13-4-3-5-22(19,20)10-13/h6,8,11,13,17H,3-5,7,9-10H2,1-2H3/t13-/m1/s1. The molecule has 0 amide bonds. The van der Waals surface area contributed by atoms with Gasteiger partial charge in [0, 0.05) is 18.8 Å². The summed E-state index contributed by atoms with van der Waals surface area (Å²) in [5, 5.41) is 3.75.